The predicted molar refractivity (Wildman–Crippen MR) is 65.9 cm³/mol. The molecule has 0 aliphatic heterocycles. The van der Waals surface area contributed by atoms with E-state index in [0.717, 1.165) is 6.08 Å². The molecule has 0 aliphatic rings. The topological polar surface area (TPSA) is 93.4 Å². The second-order valence-corrected chi connectivity index (χ2v) is 3.30. The van der Waals surface area contributed by atoms with Crippen LogP contribution in [0, 0.1) is 0 Å². The van der Waals surface area contributed by atoms with Crippen LogP contribution >= 0.6 is 0 Å². The van der Waals surface area contributed by atoms with E-state index in [1.54, 1.807) is 37.3 Å². The molecule has 0 atom stereocenters. The van der Waals surface area contributed by atoms with E-state index in [9.17, 15) is 9.59 Å². The van der Waals surface area contributed by atoms with E-state index >= 15 is 0 Å². The highest BCUT2D eigenvalue weighted by atomic mass is 16.5. The summed E-state index contributed by atoms with van der Waals surface area (Å²) in [6, 6.07) is 8.60. The molecular formula is C12H15N3O3. The van der Waals surface area contributed by atoms with Gasteiger partial charge in [0.1, 0.15) is 5.82 Å². The Balaban J connectivity index is 2.46. The van der Waals surface area contributed by atoms with Crippen molar-refractivity contribution in [2.24, 2.45) is 5.73 Å². The molecule has 6 heteroatoms. The number of carbonyl (C=O) groups is 2. The Hall–Kier alpha value is -2.50. The fourth-order valence-corrected chi connectivity index (χ4v) is 1.14. The van der Waals surface area contributed by atoms with Crippen LogP contribution in [0.25, 0.3) is 0 Å². The van der Waals surface area contributed by atoms with Crippen LogP contribution in [-0.4, -0.2) is 18.5 Å². The molecule has 0 bridgehead atoms. The molecule has 0 radical (unpaired) electrons. The van der Waals surface area contributed by atoms with Crippen LogP contribution in [0.3, 0.4) is 0 Å². The summed E-state index contributed by atoms with van der Waals surface area (Å²) in [4.78, 5) is 22.6. The third-order valence-electron chi connectivity index (χ3n) is 1.92. The lowest BCUT2D eigenvalue weighted by Crippen LogP contribution is -2.39. The standard InChI is InChI=1S/C12H15N3O3/c1-2-18-11(16)8-10(13)14-15-12(17)9-6-4-3-5-7-9/h3-8,14H,2,13H2,1H3,(H,15,17). The van der Waals surface area contributed by atoms with Crippen LogP contribution in [0.4, 0.5) is 0 Å². The molecule has 0 heterocycles. The molecule has 0 spiro atoms. The monoisotopic (exact) mass is 249 g/mol. The Labute approximate surface area is 105 Å². The van der Waals surface area contributed by atoms with Crippen molar-refractivity contribution in [3.63, 3.8) is 0 Å². The van der Waals surface area contributed by atoms with Crippen molar-refractivity contribution in [2.45, 2.75) is 6.92 Å². The second-order valence-electron chi connectivity index (χ2n) is 3.30. The highest BCUT2D eigenvalue weighted by molar-refractivity contribution is 5.93. The van der Waals surface area contributed by atoms with Crippen LogP contribution in [-0.2, 0) is 9.53 Å². The summed E-state index contributed by atoms with van der Waals surface area (Å²) < 4.78 is 4.66. The van der Waals surface area contributed by atoms with Gasteiger partial charge in [-0.15, -0.1) is 0 Å². The van der Waals surface area contributed by atoms with Gasteiger partial charge in [0.05, 0.1) is 12.7 Å². The zero-order chi connectivity index (χ0) is 13.4. The van der Waals surface area contributed by atoms with E-state index in [1.165, 1.54) is 0 Å². The predicted octanol–water partition coefficient (Wildman–Crippen LogP) is 0.284. The number of hydrazine groups is 1. The zero-order valence-corrected chi connectivity index (χ0v) is 9.97. The maximum atomic E-state index is 11.6. The highest BCUT2D eigenvalue weighted by Crippen LogP contribution is 1.96. The summed E-state index contributed by atoms with van der Waals surface area (Å²) in [6.07, 6.45) is 1.05. The lowest BCUT2D eigenvalue weighted by atomic mass is 10.2. The number of amides is 1. The molecule has 18 heavy (non-hydrogen) atoms. The first-order valence-corrected chi connectivity index (χ1v) is 5.38. The van der Waals surface area contributed by atoms with Gasteiger partial charge in [0.2, 0.25) is 0 Å². The second kappa shape index (κ2) is 6.95. The Morgan fingerprint density at radius 2 is 1.94 bits per heavy atom. The van der Waals surface area contributed by atoms with Crippen LogP contribution < -0.4 is 16.6 Å². The van der Waals surface area contributed by atoms with Gasteiger partial charge < -0.3 is 10.5 Å². The summed E-state index contributed by atoms with van der Waals surface area (Å²) in [6.45, 7) is 1.95. The van der Waals surface area contributed by atoms with Gasteiger partial charge >= 0.3 is 5.97 Å². The Kier molecular flexibility index (Phi) is 5.24. The van der Waals surface area contributed by atoms with E-state index in [2.05, 4.69) is 15.6 Å². The molecule has 4 N–H and O–H groups in total. The van der Waals surface area contributed by atoms with Crippen molar-refractivity contribution in [1.82, 2.24) is 10.9 Å². The minimum atomic E-state index is -0.573. The molecule has 1 amide bonds. The Morgan fingerprint density at radius 3 is 2.56 bits per heavy atom. The number of benzene rings is 1. The lowest BCUT2D eigenvalue weighted by molar-refractivity contribution is -0.137. The van der Waals surface area contributed by atoms with Gasteiger partial charge in [-0.05, 0) is 19.1 Å². The first-order chi connectivity index (χ1) is 8.63. The summed E-state index contributed by atoms with van der Waals surface area (Å²) in [7, 11) is 0. The minimum absolute atomic E-state index is 0.00210. The molecule has 6 nitrogen and oxygen atoms in total. The van der Waals surface area contributed by atoms with E-state index in [0.29, 0.717) is 5.56 Å². The summed E-state index contributed by atoms with van der Waals surface area (Å²) in [5, 5.41) is 0. The normalized spacial score (nSPS) is 10.6. The minimum Gasteiger partial charge on any atom is -0.463 e. The molecular weight excluding hydrogens is 234 g/mol. The van der Waals surface area contributed by atoms with E-state index in [-0.39, 0.29) is 18.3 Å². The molecule has 1 aromatic rings. The third kappa shape index (κ3) is 4.56. The average Bonchev–Trinajstić information content (AvgIpc) is 2.37. The fraction of sp³-hybridized carbons (Fsp3) is 0.167. The molecule has 1 aromatic carbocycles. The molecule has 1 rings (SSSR count). The van der Waals surface area contributed by atoms with Gasteiger partial charge in [-0.2, -0.15) is 0 Å². The lowest BCUT2D eigenvalue weighted by Gasteiger charge is -2.08. The van der Waals surface area contributed by atoms with Crippen molar-refractivity contribution in [3.8, 4) is 0 Å². The van der Waals surface area contributed by atoms with Crippen molar-refractivity contribution in [3.05, 3.63) is 47.8 Å². The summed E-state index contributed by atoms with van der Waals surface area (Å²) >= 11 is 0. The van der Waals surface area contributed by atoms with Gasteiger partial charge in [-0.1, -0.05) is 18.2 Å². The van der Waals surface area contributed by atoms with Crippen LogP contribution in [0.5, 0.6) is 0 Å². The van der Waals surface area contributed by atoms with Crippen molar-refractivity contribution >= 4 is 11.9 Å². The van der Waals surface area contributed by atoms with Crippen LogP contribution in [0.2, 0.25) is 0 Å². The van der Waals surface area contributed by atoms with Gasteiger partial charge in [0.25, 0.3) is 5.91 Å². The number of esters is 1. The molecule has 0 unspecified atom stereocenters. The number of carbonyl (C=O) groups excluding carboxylic acids is 2. The van der Waals surface area contributed by atoms with Crippen molar-refractivity contribution in [2.75, 3.05) is 6.61 Å². The highest BCUT2D eigenvalue weighted by Gasteiger charge is 2.04. The first kappa shape index (κ1) is 13.6. The number of nitrogens with one attached hydrogen (secondary N) is 2. The maximum Gasteiger partial charge on any atom is 0.334 e. The molecule has 0 aliphatic carbocycles. The average molecular weight is 249 g/mol. The summed E-state index contributed by atoms with van der Waals surface area (Å²) in [5.41, 5.74) is 10.7. The SMILES string of the molecule is CCOC(=O)C=C(N)NNC(=O)c1ccccc1. The van der Waals surface area contributed by atoms with Crippen molar-refractivity contribution in [1.29, 1.82) is 0 Å². The molecule has 0 fully saturated rings. The smallest absolute Gasteiger partial charge is 0.334 e. The van der Waals surface area contributed by atoms with Gasteiger partial charge in [0.15, 0.2) is 0 Å². The van der Waals surface area contributed by atoms with Crippen LogP contribution in [0.15, 0.2) is 42.2 Å². The van der Waals surface area contributed by atoms with Crippen LogP contribution in [0.1, 0.15) is 17.3 Å². The molecule has 0 saturated heterocycles. The number of ether oxygens (including phenoxy) is 1. The van der Waals surface area contributed by atoms with Gasteiger partial charge in [-0.25, -0.2) is 4.79 Å². The number of hydrogen-bond acceptors (Lipinski definition) is 5. The molecule has 0 saturated carbocycles. The largest absolute Gasteiger partial charge is 0.463 e. The third-order valence-corrected chi connectivity index (χ3v) is 1.92. The Morgan fingerprint density at radius 1 is 1.28 bits per heavy atom. The number of nitrogens with two attached hydrogens (primary N) is 1. The molecule has 0 aromatic heterocycles. The molecule has 96 valence electrons. The van der Waals surface area contributed by atoms with Gasteiger partial charge in [-0.3, -0.25) is 15.6 Å². The van der Waals surface area contributed by atoms with E-state index in [4.69, 9.17) is 5.73 Å². The maximum absolute atomic E-state index is 11.6. The summed E-state index contributed by atoms with van der Waals surface area (Å²) in [5.74, 6) is -0.926. The zero-order valence-electron chi connectivity index (χ0n) is 9.97. The van der Waals surface area contributed by atoms with Crippen molar-refractivity contribution < 1.29 is 14.3 Å². The number of hydrogen-bond donors (Lipinski definition) is 3. The van der Waals surface area contributed by atoms with E-state index < -0.39 is 5.97 Å². The first-order valence-electron chi connectivity index (χ1n) is 5.38. The van der Waals surface area contributed by atoms with Gasteiger partial charge in [0, 0.05) is 5.56 Å². The van der Waals surface area contributed by atoms with E-state index in [1.807, 2.05) is 0 Å². The Bertz CT molecular complexity index is 443. The quantitative estimate of drug-likeness (QED) is 0.396. The number of rotatable bonds is 5. The fourth-order valence-electron chi connectivity index (χ4n) is 1.14.